The topological polar surface area (TPSA) is 59.1 Å². The molecular weight excluding hydrogens is 220 g/mol. The fourth-order valence-electron chi connectivity index (χ4n) is 2.14. The summed E-state index contributed by atoms with van der Waals surface area (Å²) >= 11 is 1.84. The van der Waals surface area contributed by atoms with E-state index in [1.54, 1.807) is 18.5 Å². The third-order valence-electron chi connectivity index (χ3n) is 3.32. The molecule has 0 radical (unpaired) electrons. The second-order valence-corrected chi connectivity index (χ2v) is 5.92. The number of aromatic nitrogens is 1. The second kappa shape index (κ2) is 4.63. The molecule has 0 spiro atoms. The van der Waals surface area contributed by atoms with Crippen LogP contribution in [0.5, 0.6) is 0 Å². The molecule has 1 aliphatic rings. The molecule has 0 saturated carbocycles. The summed E-state index contributed by atoms with van der Waals surface area (Å²) in [5.41, 5.74) is 6.94. The van der Waals surface area contributed by atoms with Crippen molar-refractivity contribution in [1.29, 1.82) is 0 Å². The van der Waals surface area contributed by atoms with Crippen molar-refractivity contribution in [2.75, 3.05) is 11.5 Å². The first-order valence-electron chi connectivity index (χ1n) is 5.64. The highest BCUT2D eigenvalue weighted by molar-refractivity contribution is 8.00. The second-order valence-electron chi connectivity index (χ2n) is 4.47. The maximum absolute atomic E-state index is 10.6. The van der Waals surface area contributed by atoms with Crippen LogP contribution in [0.1, 0.15) is 25.3 Å². The van der Waals surface area contributed by atoms with Crippen molar-refractivity contribution in [3.05, 3.63) is 24.0 Å². The van der Waals surface area contributed by atoms with Gasteiger partial charge in [-0.3, -0.25) is 4.98 Å². The van der Waals surface area contributed by atoms with Crippen LogP contribution in [0.3, 0.4) is 0 Å². The van der Waals surface area contributed by atoms with Gasteiger partial charge in [0, 0.05) is 29.8 Å². The number of nitrogen functional groups attached to an aromatic ring is 1. The van der Waals surface area contributed by atoms with Crippen molar-refractivity contribution in [3.63, 3.8) is 0 Å². The van der Waals surface area contributed by atoms with Crippen LogP contribution in [0.25, 0.3) is 0 Å². The zero-order chi connectivity index (χ0) is 11.6. The van der Waals surface area contributed by atoms with E-state index in [4.69, 9.17) is 5.73 Å². The van der Waals surface area contributed by atoms with Gasteiger partial charge in [-0.05, 0) is 30.2 Å². The molecule has 3 N–H and O–H groups in total. The third kappa shape index (κ3) is 2.33. The first-order valence-corrected chi connectivity index (χ1v) is 6.69. The minimum Gasteiger partial charge on any atom is -0.398 e. The lowest BCUT2D eigenvalue weighted by Gasteiger charge is -2.38. The van der Waals surface area contributed by atoms with Gasteiger partial charge in [-0.1, -0.05) is 6.92 Å². The van der Waals surface area contributed by atoms with Gasteiger partial charge in [-0.25, -0.2) is 0 Å². The normalized spacial score (nSPS) is 30.2. The number of hydrogen-bond acceptors (Lipinski definition) is 4. The number of anilines is 1. The van der Waals surface area contributed by atoms with Crippen molar-refractivity contribution in [1.82, 2.24) is 4.98 Å². The smallest absolute Gasteiger partial charge is 0.0804 e. The van der Waals surface area contributed by atoms with Crippen molar-refractivity contribution in [2.24, 2.45) is 0 Å². The number of nitrogens with two attached hydrogens (primary N) is 1. The Morgan fingerprint density at radius 2 is 2.50 bits per heavy atom. The summed E-state index contributed by atoms with van der Waals surface area (Å²) in [5.74, 6) is 1.14. The highest BCUT2D eigenvalue weighted by Crippen LogP contribution is 2.36. The number of aliphatic hydroxyl groups is 1. The van der Waals surface area contributed by atoms with Gasteiger partial charge in [0.2, 0.25) is 0 Å². The number of nitrogens with zero attached hydrogens (tertiary/aromatic N) is 1. The molecule has 1 aliphatic heterocycles. The molecule has 1 fully saturated rings. The molecule has 88 valence electrons. The molecule has 0 amide bonds. The van der Waals surface area contributed by atoms with Gasteiger partial charge in [-0.15, -0.1) is 0 Å². The van der Waals surface area contributed by atoms with Gasteiger partial charge < -0.3 is 10.8 Å². The lowest BCUT2D eigenvalue weighted by molar-refractivity contribution is 0.0298. The van der Waals surface area contributed by atoms with Crippen molar-refractivity contribution < 1.29 is 5.11 Å². The first kappa shape index (κ1) is 11.7. The molecule has 16 heavy (non-hydrogen) atoms. The average Bonchev–Trinajstić information content (AvgIpc) is 2.26. The largest absolute Gasteiger partial charge is 0.398 e. The Morgan fingerprint density at radius 3 is 3.19 bits per heavy atom. The van der Waals surface area contributed by atoms with E-state index in [1.165, 1.54) is 0 Å². The summed E-state index contributed by atoms with van der Waals surface area (Å²) in [6, 6.07) is 1.79. The molecule has 2 rings (SSSR count). The Balaban J connectivity index is 2.16. The summed E-state index contributed by atoms with van der Waals surface area (Å²) in [5, 5.41) is 10.9. The molecule has 0 aromatic carbocycles. The maximum atomic E-state index is 10.6. The van der Waals surface area contributed by atoms with E-state index in [2.05, 4.69) is 11.9 Å². The molecule has 2 heterocycles. The maximum Gasteiger partial charge on any atom is 0.0804 e. The van der Waals surface area contributed by atoms with E-state index >= 15 is 0 Å². The summed E-state index contributed by atoms with van der Waals surface area (Å²) in [6.45, 7) is 2.09. The van der Waals surface area contributed by atoms with E-state index in [9.17, 15) is 5.11 Å². The Kier molecular flexibility index (Phi) is 3.40. The van der Waals surface area contributed by atoms with Crippen LogP contribution in [0.15, 0.2) is 18.5 Å². The van der Waals surface area contributed by atoms with Crippen LogP contribution in [0, 0.1) is 0 Å². The highest BCUT2D eigenvalue weighted by atomic mass is 32.2. The minimum atomic E-state index is -0.625. The van der Waals surface area contributed by atoms with Gasteiger partial charge in [-0.2, -0.15) is 11.8 Å². The molecule has 1 saturated heterocycles. The summed E-state index contributed by atoms with van der Waals surface area (Å²) in [6.07, 6.45) is 5.99. The third-order valence-corrected chi connectivity index (χ3v) is 4.78. The van der Waals surface area contributed by atoms with E-state index in [-0.39, 0.29) is 5.25 Å². The predicted molar refractivity (Wildman–Crippen MR) is 68.5 cm³/mol. The standard InChI is InChI=1S/C12H18N2OS/c1-9-12(15,4-2-6-16-9)7-10-8-14-5-3-11(10)13/h3,5,8-9,15H,2,4,6-7H2,1H3,(H2,13,14). The number of rotatable bonds is 2. The zero-order valence-corrected chi connectivity index (χ0v) is 10.3. The molecule has 4 heteroatoms. The quantitative estimate of drug-likeness (QED) is 0.825. The number of thioether (sulfide) groups is 1. The van der Waals surface area contributed by atoms with Crippen molar-refractivity contribution in [2.45, 2.75) is 37.0 Å². The Hall–Kier alpha value is -0.740. The summed E-state index contributed by atoms with van der Waals surface area (Å²) in [7, 11) is 0. The lowest BCUT2D eigenvalue weighted by atomic mass is 9.87. The molecule has 0 aliphatic carbocycles. The highest BCUT2D eigenvalue weighted by Gasteiger charge is 2.37. The lowest BCUT2D eigenvalue weighted by Crippen LogP contribution is -2.43. The number of pyridine rings is 1. The zero-order valence-electron chi connectivity index (χ0n) is 9.52. The monoisotopic (exact) mass is 238 g/mol. The van der Waals surface area contributed by atoms with Gasteiger partial charge in [0.1, 0.15) is 0 Å². The first-order chi connectivity index (χ1) is 7.62. The minimum absolute atomic E-state index is 0.265. The van der Waals surface area contributed by atoms with E-state index in [0.29, 0.717) is 6.42 Å². The Labute approximate surface area is 100 Å². The van der Waals surface area contributed by atoms with E-state index < -0.39 is 5.60 Å². The molecule has 1 aromatic rings. The summed E-state index contributed by atoms with van der Waals surface area (Å²) < 4.78 is 0. The van der Waals surface area contributed by atoms with E-state index in [1.807, 2.05) is 11.8 Å². The molecule has 2 atom stereocenters. The van der Waals surface area contributed by atoms with Gasteiger partial charge in [0.15, 0.2) is 0 Å². The predicted octanol–water partition coefficient (Wildman–Crippen LogP) is 1.85. The number of hydrogen-bond donors (Lipinski definition) is 2. The van der Waals surface area contributed by atoms with Crippen LogP contribution in [0.4, 0.5) is 5.69 Å². The fraction of sp³-hybridized carbons (Fsp3) is 0.583. The SMILES string of the molecule is CC1SCCCC1(O)Cc1cnccc1N. The van der Waals surface area contributed by atoms with E-state index in [0.717, 1.165) is 29.8 Å². The van der Waals surface area contributed by atoms with Crippen LogP contribution in [0.2, 0.25) is 0 Å². The summed E-state index contributed by atoms with van der Waals surface area (Å²) in [4.78, 5) is 4.07. The molecule has 2 unspecified atom stereocenters. The molecule has 0 bridgehead atoms. The Morgan fingerprint density at radius 1 is 1.69 bits per heavy atom. The fourth-order valence-corrected chi connectivity index (χ4v) is 3.32. The Bertz CT molecular complexity index is 372. The molecule has 1 aromatic heterocycles. The van der Waals surface area contributed by atoms with Gasteiger partial charge in [0.05, 0.1) is 5.60 Å². The van der Waals surface area contributed by atoms with Crippen LogP contribution in [-0.2, 0) is 6.42 Å². The molecular formula is C12H18N2OS. The van der Waals surface area contributed by atoms with Crippen LogP contribution in [-0.4, -0.2) is 26.7 Å². The van der Waals surface area contributed by atoms with Crippen LogP contribution >= 0.6 is 11.8 Å². The van der Waals surface area contributed by atoms with Crippen LogP contribution < -0.4 is 5.73 Å². The van der Waals surface area contributed by atoms with Crippen molar-refractivity contribution in [3.8, 4) is 0 Å². The average molecular weight is 238 g/mol. The van der Waals surface area contributed by atoms with Gasteiger partial charge >= 0.3 is 0 Å². The van der Waals surface area contributed by atoms with Crippen molar-refractivity contribution >= 4 is 17.4 Å². The molecule has 3 nitrogen and oxygen atoms in total. The van der Waals surface area contributed by atoms with Gasteiger partial charge in [0.25, 0.3) is 0 Å².